The topological polar surface area (TPSA) is 30.5 Å². The minimum atomic E-state index is 0.424. The first-order valence-electron chi connectivity index (χ1n) is 8.58. The second-order valence-corrected chi connectivity index (χ2v) is 7.74. The first-order valence-corrected chi connectivity index (χ1v) is 9.70. The molecule has 1 N–H and O–H groups in total. The van der Waals surface area contributed by atoms with Gasteiger partial charge in [-0.15, -0.1) is 0 Å². The third-order valence-electron chi connectivity index (χ3n) is 4.67. The van der Waals surface area contributed by atoms with Crippen molar-refractivity contribution in [3.8, 4) is 5.75 Å². The van der Waals surface area contributed by atoms with E-state index in [1.165, 1.54) is 23.2 Å². The summed E-state index contributed by atoms with van der Waals surface area (Å²) in [4.78, 5) is 1.07. The summed E-state index contributed by atoms with van der Waals surface area (Å²) in [6.07, 6.45) is 2.12. The highest BCUT2D eigenvalue weighted by atomic mass is 35.5. The van der Waals surface area contributed by atoms with E-state index in [4.69, 9.17) is 20.5 Å². The van der Waals surface area contributed by atoms with Crippen molar-refractivity contribution < 1.29 is 8.92 Å². The van der Waals surface area contributed by atoms with Gasteiger partial charge < -0.3 is 14.2 Å². The normalized spacial score (nSPS) is 17.6. The van der Waals surface area contributed by atoms with Crippen LogP contribution in [0.2, 0.25) is 5.02 Å². The lowest BCUT2D eigenvalue weighted by molar-refractivity contribution is 0.257. The molecule has 2 aromatic carbocycles. The Morgan fingerprint density at radius 3 is 2.96 bits per heavy atom. The molecule has 0 aromatic heterocycles. The van der Waals surface area contributed by atoms with Crippen molar-refractivity contribution in [1.82, 2.24) is 5.32 Å². The number of fused-ring (bicyclic) bond motifs is 1. The molecule has 2 unspecified atom stereocenters. The summed E-state index contributed by atoms with van der Waals surface area (Å²) >= 11 is 7.57. The number of hydrogen-bond acceptors (Lipinski definition) is 4. The highest BCUT2D eigenvalue weighted by Crippen LogP contribution is 2.41. The second-order valence-electron chi connectivity index (χ2n) is 6.33. The highest BCUT2D eigenvalue weighted by molar-refractivity contribution is 7.94. The van der Waals surface area contributed by atoms with Crippen molar-refractivity contribution in [3.05, 3.63) is 58.6 Å². The van der Waals surface area contributed by atoms with Crippen LogP contribution in [-0.4, -0.2) is 27.3 Å². The van der Waals surface area contributed by atoms with E-state index in [1.54, 1.807) is 7.11 Å². The lowest BCUT2D eigenvalue weighted by Gasteiger charge is -2.29. The van der Waals surface area contributed by atoms with Crippen LogP contribution in [0.5, 0.6) is 5.75 Å². The monoisotopic (exact) mass is 377 g/mol. The molecule has 2 atom stereocenters. The van der Waals surface area contributed by atoms with Gasteiger partial charge in [-0.05, 0) is 67.1 Å². The highest BCUT2D eigenvalue weighted by Gasteiger charge is 2.25. The molecule has 0 saturated carbocycles. The Bertz CT molecular complexity index is 710. The average Bonchev–Trinajstić information content (AvgIpc) is 2.61. The standard InChI is InChI=1S/C20H24ClNO2S/c1-22-13-16(14-4-3-5-17(21)11-14)10-15-8-9-24-20-12-18(25-23-2)6-7-19(15)20/h3-7,11-12,15-16,22H,8-10,13H2,1-2H3. The first kappa shape index (κ1) is 18.6. The Kier molecular flexibility index (Phi) is 6.65. The molecule has 0 spiro atoms. The van der Waals surface area contributed by atoms with Gasteiger partial charge in [-0.25, -0.2) is 0 Å². The fourth-order valence-electron chi connectivity index (χ4n) is 3.52. The smallest absolute Gasteiger partial charge is 0.123 e. The summed E-state index contributed by atoms with van der Waals surface area (Å²) in [5, 5.41) is 4.13. The molecule has 0 aliphatic carbocycles. The van der Waals surface area contributed by atoms with Gasteiger partial charge in [0.1, 0.15) is 5.75 Å². The second kappa shape index (κ2) is 8.95. The van der Waals surface area contributed by atoms with Crippen LogP contribution in [0, 0.1) is 0 Å². The van der Waals surface area contributed by atoms with Crippen molar-refractivity contribution >= 4 is 23.6 Å². The number of halogens is 1. The number of ether oxygens (including phenoxy) is 1. The van der Waals surface area contributed by atoms with Crippen LogP contribution in [0.25, 0.3) is 0 Å². The minimum Gasteiger partial charge on any atom is -0.493 e. The Labute approximate surface area is 159 Å². The molecule has 0 bridgehead atoms. The lowest BCUT2D eigenvalue weighted by Crippen LogP contribution is -2.22. The fourth-order valence-corrected chi connectivity index (χ4v) is 4.19. The molecule has 0 saturated heterocycles. The van der Waals surface area contributed by atoms with Gasteiger partial charge in [0, 0.05) is 28.5 Å². The molecular formula is C20H24ClNO2S. The molecule has 0 fully saturated rings. The van der Waals surface area contributed by atoms with Crippen molar-refractivity contribution in [2.75, 3.05) is 27.3 Å². The van der Waals surface area contributed by atoms with E-state index in [2.05, 4.69) is 35.6 Å². The Hall–Kier alpha value is -1.20. The van der Waals surface area contributed by atoms with Crippen LogP contribution < -0.4 is 10.1 Å². The van der Waals surface area contributed by atoms with Crippen molar-refractivity contribution in [3.63, 3.8) is 0 Å². The summed E-state index contributed by atoms with van der Waals surface area (Å²) in [7, 11) is 3.69. The van der Waals surface area contributed by atoms with Gasteiger partial charge in [-0.3, -0.25) is 0 Å². The van der Waals surface area contributed by atoms with Gasteiger partial charge in [0.15, 0.2) is 0 Å². The van der Waals surface area contributed by atoms with Crippen molar-refractivity contribution in [2.45, 2.75) is 29.6 Å². The van der Waals surface area contributed by atoms with E-state index in [9.17, 15) is 0 Å². The number of likely N-dealkylation sites (N-methyl/N-ethyl adjacent to an activating group) is 1. The van der Waals surface area contributed by atoms with Gasteiger partial charge in [0.25, 0.3) is 0 Å². The number of nitrogens with one attached hydrogen (secondary N) is 1. The van der Waals surface area contributed by atoms with Crippen molar-refractivity contribution in [1.29, 1.82) is 0 Å². The van der Waals surface area contributed by atoms with E-state index < -0.39 is 0 Å². The van der Waals surface area contributed by atoms with Crippen LogP contribution in [0.1, 0.15) is 35.8 Å². The molecular weight excluding hydrogens is 354 g/mol. The predicted octanol–water partition coefficient (Wildman–Crippen LogP) is 5.25. The van der Waals surface area contributed by atoms with Crippen LogP contribution in [0.4, 0.5) is 0 Å². The van der Waals surface area contributed by atoms with Crippen LogP contribution in [-0.2, 0) is 4.18 Å². The van der Waals surface area contributed by atoms with E-state index in [0.717, 1.165) is 41.7 Å². The number of rotatable bonds is 7. The Morgan fingerprint density at radius 1 is 1.32 bits per heavy atom. The molecule has 2 aromatic rings. The summed E-state index contributed by atoms with van der Waals surface area (Å²) in [5.41, 5.74) is 2.59. The zero-order chi connectivity index (χ0) is 17.6. The quantitative estimate of drug-likeness (QED) is 0.667. The van der Waals surface area contributed by atoms with E-state index in [0.29, 0.717) is 11.8 Å². The third kappa shape index (κ3) is 4.70. The van der Waals surface area contributed by atoms with E-state index >= 15 is 0 Å². The third-order valence-corrected chi connectivity index (χ3v) is 5.52. The van der Waals surface area contributed by atoms with Gasteiger partial charge >= 0.3 is 0 Å². The van der Waals surface area contributed by atoms with Crippen LogP contribution >= 0.6 is 23.6 Å². The zero-order valence-corrected chi connectivity index (χ0v) is 16.2. The maximum Gasteiger partial charge on any atom is 0.123 e. The molecule has 1 aliphatic rings. The van der Waals surface area contributed by atoms with Crippen LogP contribution in [0.15, 0.2) is 47.4 Å². The number of benzene rings is 2. The Balaban J connectivity index is 1.82. The fraction of sp³-hybridized carbons (Fsp3) is 0.400. The molecule has 5 heteroatoms. The molecule has 1 aliphatic heterocycles. The summed E-state index contributed by atoms with van der Waals surface area (Å²) in [5.74, 6) is 1.91. The van der Waals surface area contributed by atoms with E-state index in [1.807, 2.05) is 19.2 Å². The summed E-state index contributed by atoms with van der Waals surface area (Å²) < 4.78 is 11.1. The van der Waals surface area contributed by atoms with Crippen LogP contribution in [0.3, 0.4) is 0 Å². The van der Waals surface area contributed by atoms with Gasteiger partial charge in [0.2, 0.25) is 0 Å². The van der Waals surface area contributed by atoms with Gasteiger partial charge in [0.05, 0.1) is 13.7 Å². The molecule has 0 radical (unpaired) electrons. The molecule has 3 nitrogen and oxygen atoms in total. The minimum absolute atomic E-state index is 0.424. The average molecular weight is 378 g/mol. The molecule has 134 valence electrons. The van der Waals surface area contributed by atoms with Gasteiger partial charge in [-0.2, -0.15) is 0 Å². The predicted molar refractivity (Wildman–Crippen MR) is 105 cm³/mol. The molecule has 0 amide bonds. The Morgan fingerprint density at radius 2 is 2.20 bits per heavy atom. The first-order chi connectivity index (χ1) is 12.2. The molecule has 25 heavy (non-hydrogen) atoms. The maximum atomic E-state index is 6.21. The SMILES string of the molecule is CNCC(CC1CCOc2cc(SOC)ccc21)c1cccc(Cl)c1. The van der Waals surface area contributed by atoms with E-state index in [-0.39, 0.29) is 0 Å². The zero-order valence-electron chi connectivity index (χ0n) is 14.6. The summed E-state index contributed by atoms with van der Waals surface area (Å²) in [6, 6.07) is 14.6. The maximum absolute atomic E-state index is 6.21. The van der Waals surface area contributed by atoms with Crippen molar-refractivity contribution in [2.24, 2.45) is 0 Å². The van der Waals surface area contributed by atoms with Gasteiger partial charge in [-0.1, -0.05) is 29.8 Å². The number of hydrogen-bond donors (Lipinski definition) is 1. The molecule has 3 rings (SSSR count). The lowest BCUT2D eigenvalue weighted by atomic mass is 9.82. The summed E-state index contributed by atoms with van der Waals surface area (Å²) in [6.45, 7) is 1.70. The molecule has 1 heterocycles. The largest absolute Gasteiger partial charge is 0.493 e.